The molecular formula is C23H36O11. The van der Waals surface area contributed by atoms with Crippen molar-refractivity contribution in [2.24, 2.45) is 0 Å². The predicted octanol–water partition coefficient (Wildman–Crippen LogP) is -0.432. The van der Waals surface area contributed by atoms with E-state index >= 15 is 0 Å². The molecule has 0 aliphatic carbocycles. The predicted molar refractivity (Wildman–Crippen MR) is 117 cm³/mol. The van der Waals surface area contributed by atoms with Gasteiger partial charge in [-0.15, -0.1) is 0 Å². The first-order valence-electron chi connectivity index (χ1n) is 11.3. The van der Waals surface area contributed by atoms with Crippen molar-refractivity contribution in [2.45, 2.75) is 108 Å². The highest BCUT2D eigenvalue weighted by atomic mass is 16.6. The van der Waals surface area contributed by atoms with Crippen LogP contribution in [0.5, 0.6) is 0 Å². The fourth-order valence-electron chi connectivity index (χ4n) is 4.53. The number of ketones is 4. The minimum atomic E-state index is -3.41. The van der Waals surface area contributed by atoms with E-state index in [9.17, 15) is 44.4 Å². The summed E-state index contributed by atoms with van der Waals surface area (Å²) in [6.07, 6.45) is -2.58. The summed E-state index contributed by atoms with van der Waals surface area (Å²) in [5, 5.41) is 43.8. The number of rotatable bonds is 13. The number of carbonyl (C=O) groups excluding carboxylic acids is 5. The van der Waals surface area contributed by atoms with E-state index in [4.69, 9.17) is 4.74 Å². The Kier molecular flexibility index (Phi) is 10.2. The number of aliphatic hydroxyl groups excluding tert-OH is 1. The van der Waals surface area contributed by atoms with Gasteiger partial charge in [0.1, 0.15) is 6.10 Å². The second-order valence-corrected chi connectivity index (χ2v) is 8.88. The van der Waals surface area contributed by atoms with Crippen LogP contribution in [0.3, 0.4) is 0 Å². The van der Waals surface area contributed by atoms with Gasteiger partial charge in [0.05, 0.1) is 13.2 Å². The van der Waals surface area contributed by atoms with Crippen molar-refractivity contribution in [3.05, 3.63) is 0 Å². The summed E-state index contributed by atoms with van der Waals surface area (Å²) < 4.78 is 10.1. The van der Waals surface area contributed by atoms with Crippen molar-refractivity contribution in [3.8, 4) is 0 Å². The largest absolute Gasteiger partial charge is 0.469 e. The molecule has 1 unspecified atom stereocenters. The van der Waals surface area contributed by atoms with E-state index in [1.54, 1.807) is 0 Å². The van der Waals surface area contributed by atoms with E-state index in [0.29, 0.717) is 32.1 Å². The summed E-state index contributed by atoms with van der Waals surface area (Å²) in [5.74, 6) is -5.28. The standard InChI is InChI=1S/C23H36O11/c1-13(24)19(29)20-22(31,15(3)26)23(32,16(4)27)21(30,14(2)25)17(34-20)11-9-7-6-8-10-12-18(28)33-5/h13,17,20,24,30-32H,6-12H2,1-5H3/t13?,17-,20+,21+,22+,23+/m0/s1. The number of carbonyl (C=O) groups is 5. The third kappa shape index (κ3) is 5.13. The number of hydrogen-bond donors (Lipinski definition) is 4. The molecule has 6 atom stereocenters. The zero-order valence-corrected chi connectivity index (χ0v) is 20.3. The lowest BCUT2D eigenvalue weighted by atomic mass is 9.58. The van der Waals surface area contributed by atoms with Crippen LogP contribution in [-0.2, 0) is 33.4 Å². The second-order valence-electron chi connectivity index (χ2n) is 8.88. The summed E-state index contributed by atoms with van der Waals surface area (Å²) in [6, 6.07) is 0. The molecule has 0 spiro atoms. The molecule has 11 nitrogen and oxygen atoms in total. The van der Waals surface area contributed by atoms with Gasteiger partial charge in [0, 0.05) is 6.42 Å². The zero-order valence-electron chi connectivity index (χ0n) is 20.3. The maximum Gasteiger partial charge on any atom is 0.305 e. The van der Waals surface area contributed by atoms with Crippen molar-refractivity contribution in [3.63, 3.8) is 0 Å². The average molecular weight is 489 g/mol. The zero-order chi connectivity index (χ0) is 26.5. The van der Waals surface area contributed by atoms with Crippen molar-refractivity contribution in [1.29, 1.82) is 0 Å². The van der Waals surface area contributed by atoms with Crippen LogP contribution < -0.4 is 0 Å². The van der Waals surface area contributed by atoms with Gasteiger partial charge in [-0.2, -0.15) is 0 Å². The number of esters is 1. The van der Waals surface area contributed by atoms with Crippen LogP contribution in [-0.4, -0.2) is 91.8 Å². The summed E-state index contributed by atoms with van der Waals surface area (Å²) >= 11 is 0. The normalized spacial score (nSPS) is 32.0. The second kappa shape index (κ2) is 11.6. The molecule has 1 heterocycles. The topological polar surface area (TPSA) is 185 Å². The smallest absolute Gasteiger partial charge is 0.305 e. The molecule has 1 fully saturated rings. The number of Topliss-reactive ketones (excluding diaryl/α,β-unsaturated/α-hetero) is 4. The number of methoxy groups -OCH3 is 1. The van der Waals surface area contributed by atoms with E-state index in [0.717, 1.165) is 27.7 Å². The Bertz CT molecular complexity index is 807. The summed E-state index contributed by atoms with van der Waals surface area (Å²) in [5.41, 5.74) is -9.77. The van der Waals surface area contributed by atoms with Gasteiger partial charge in [-0.25, -0.2) is 0 Å². The minimum Gasteiger partial charge on any atom is -0.469 e. The number of hydrogen-bond acceptors (Lipinski definition) is 11. The molecular weight excluding hydrogens is 452 g/mol. The van der Waals surface area contributed by atoms with Crippen LogP contribution in [0.15, 0.2) is 0 Å². The molecule has 0 amide bonds. The van der Waals surface area contributed by atoms with Gasteiger partial charge in [0.15, 0.2) is 46.0 Å². The average Bonchev–Trinajstić information content (AvgIpc) is 2.76. The Labute approximate surface area is 198 Å². The molecule has 1 saturated heterocycles. The Balaban J connectivity index is 3.28. The van der Waals surface area contributed by atoms with Crippen molar-refractivity contribution < 1.29 is 53.9 Å². The summed E-state index contributed by atoms with van der Waals surface area (Å²) in [6.45, 7) is 3.47. The lowest BCUT2D eigenvalue weighted by Crippen LogP contribution is -2.86. The lowest BCUT2D eigenvalue weighted by molar-refractivity contribution is -0.313. The first kappa shape index (κ1) is 30.0. The van der Waals surface area contributed by atoms with Gasteiger partial charge in [0.25, 0.3) is 0 Å². The van der Waals surface area contributed by atoms with Crippen molar-refractivity contribution in [2.75, 3.05) is 7.11 Å². The van der Waals surface area contributed by atoms with Crippen LogP contribution in [0.4, 0.5) is 0 Å². The highest BCUT2D eigenvalue weighted by molar-refractivity contribution is 6.08. The van der Waals surface area contributed by atoms with Gasteiger partial charge in [-0.3, -0.25) is 24.0 Å². The summed E-state index contributed by atoms with van der Waals surface area (Å²) in [4.78, 5) is 61.5. The van der Waals surface area contributed by atoms with E-state index in [-0.39, 0.29) is 18.8 Å². The molecule has 0 aromatic carbocycles. The Morgan fingerprint density at radius 1 is 0.853 bits per heavy atom. The van der Waals surface area contributed by atoms with Gasteiger partial charge in [-0.05, 0) is 40.5 Å². The summed E-state index contributed by atoms with van der Waals surface area (Å²) in [7, 11) is 1.30. The number of aliphatic hydroxyl groups is 4. The van der Waals surface area contributed by atoms with Crippen LogP contribution in [0.1, 0.15) is 72.6 Å². The van der Waals surface area contributed by atoms with Crippen LogP contribution in [0.25, 0.3) is 0 Å². The maximum atomic E-state index is 12.7. The lowest BCUT2D eigenvalue weighted by Gasteiger charge is -2.57. The Hall–Kier alpha value is -2.05. The van der Waals surface area contributed by atoms with E-state index < -0.39 is 58.2 Å². The van der Waals surface area contributed by atoms with E-state index in [1.807, 2.05) is 0 Å². The monoisotopic (exact) mass is 488 g/mol. The molecule has 0 aromatic rings. The van der Waals surface area contributed by atoms with E-state index in [2.05, 4.69) is 4.74 Å². The fourth-order valence-corrected chi connectivity index (χ4v) is 4.53. The molecule has 34 heavy (non-hydrogen) atoms. The molecule has 11 heteroatoms. The fraction of sp³-hybridized carbons (Fsp3) is 0.783. The van der Waals surface area contributed by atoms with E-state index in [1.165, 1.54) is 7.11 Å². The minimum absolute atomic E-state index is 0.111. The number of ether oxygens (including phenoxy) is 2. The molecule has 1 aliphatic rings. The van der Waals surface area contributed by atoms with Crippen molar-refractivity contribution >= 4 is 29.1 Å². The Morgan fingerprint density at radius 3 is 1.79 bits per heavy atom. The molecule has 0 aromatic heterocycles. The highest BCUT2D eigenvalue weighted by Gasteiger charge is 2.78. The van der Waals surface area contributed by atoms with Crippen LogP contribution in [0, 0.1) is 0 Å². The number of unbranched alkanes of at least 4 members (excludes halogenated alkanes) is 4. The van der Waals surface area contributed by atoms with Gasteiger partial charge >= 0.3 is 5.97 Å². The SMILES string of the molecule is COC(=O)CCCCCCC[C@@H]1O[C@H](C(=O)C(C)O)[C@](O)(C(C)=O)[C@@](O)(C(C)=O)[C@@]1(O)C(C)=O. The van der Waals surface area contributed by atoms with Gasteiger partial charge < -0.3 is 29.9 Å². The molecule has 0 bridgehead atoms. The highest BCUT2D eigenvalue weighted by Crippen LogP contribution is 2.48. The van der Waals surface area contributed by atoms with Crippen molar-refractivity contribution in [1.82, 2.24) is 0 Å². The van der Waals surface area contributed by atoms with Gasteiger partial charge in [0.2, 0.25) is 0 Å². The Morgan fingerprint density at radius 2 is 1.35 bits per heavy atom. The van der Waals surface area contributed by atoms with Gasteiger partial charge in [-0.1, -0.05) is 25.7 Å². The van der Waals surface area contributed by atoms with Crippen LogP contribution >= 0.6 is 0 Å². The molecule has 4 N–H and O–H groups in total. The molecule has 194 valence electrons. The maximum absolute atomic E-state index is 12.7. The molecule has 0 saturated carbocycles. The third-order valence-electron chi connectivity index (χ3n) is 6.58. The first-order chi connectivity index (χ1) is 15.6. The molecule has 1 rings (SSSR count). The quantitative estimate of drug-likeness (QED) is 0.195. The third-order valence-corrected chi connectivity index (χ3v) is 6.58. The first-order valence-corrected chi connectivity index (χ1v) is 11.3. The molecule has 1 aliphatic heterocycles. The molecule has 0 radical (unpaired) electrons. The van der Waals surface area contributed by atoms with Crippen LogP contribution in [0.2, 0.25) is 0 Å².